The van der Waals surface area contributed by atoms with Gasteiger partial charge in [0.05, 0.1) is 0 Å². The molecule has 0 bridgehead atoms. The van der Waals surface area contributed by atoms with Crippen LogP contribution in [0.25, 0.3) is 0 Å². The van der Waals surface area contributed by atoms with E-state index < -0.39 is 0 Å². The zero-order valence-electron chi connectivity index (χ0n) is 10.5. The molecule has 0 unspecified atom stereocenters. The number of ether oxygens (including phenoxy) is 1. The summed E-state index contributed by atoms with van der Waals surface area (Å²) >= 11 is 5.85. The normalized spacial score (nSPS) is 10.1. The molecule has 0 spiro atoms. The highest BCUT2D eigenvalue weighted by Crippen LogP contribution is 2.09. The van der Waals surface area contributed by atoms with Gasteiger partial charge in [-0.3, -0.25) is 0 Å². The van der Waals surface area contributed by atoms with Gasteiger partial charge in [0.1, 0.15) is 0 Å². The first kappa shape index (κ1) is 14.8. The van der Waals surface area contributed by atoms with Gasteiger partial charge in [-0.1, -0.05) is 23.7 Å². The Kier molecular flexibility index (Phi) is 7.22. The Labute approximate surface area is 113 Å². The number of amides is 2. The van der Waals surface area contributed by atoms with Crippen molar-refractivity contribution < 1.29 is 9.53 Å². The van der Waals surface area contributed by atoms with Crippen LogP contribution in [0.4, 0.5) is 4.79 Å². The van der Waals surface area contributed by atoms with Crippen LogP contribution in [0.3, 0.4) is 0 Å². The van der Waals surface area contributed by atoms with Gasteiger partial charge in [-0.2, -0.15) is 0 Å². The van der Waals surface area contributed by atoms with Gasteiger partial charge in [0.25, 0.3) is 0 Å². The summed E-state index contributed by atoms with van der Waals surface area (Å²) in [6, 6.07) is 7.26. The number of benzene rings is 1. The highest BCUT2D eigenvalue weighted by Gasteiger charge is 2.00. The summed E-state index contributed by atoms with van der Waals surface area (Å²) in [4.78, 5) is 11.4. The van der Waals surface area contributed by atoms with Crippen molar-refractivity contribution in [3.05, 3.63) is 34.9 Å². The zero-order chi connectivity index (χ0) is 13.2. The maximum Gasteiger partial charge on any atom is 0.315 e. The average Bonchev–Trinajstić information content (AvgIpc) is 2.36. The van der Waals surface area contributed by atoms with Crippen LogP contribution in [0.15, 0.2) is 24.3 Å². The van der Waals surface area contributed by atoms with E-state index >= 15 is 0 Å². The molecule has 100 valence electrons. The van der Waals surface area contributed by atoms with Crippen molar-refractivity contribution in [1.29, 1.82) is 0 Å². The molecular formula is C13H19ClN2O2. The number of halogens is 1. The molecule has 0 aliphatic carbocycles. The first-order valence-electron chi connectivity index (χ1n) is 5.97. The van der Waals surface area contributed by atoms with E-state index in [-0.39, 0.29) is 6.03 Å². The summed E-state index contributed by atoms with van der Waals surface area (Å²) in [5.41, 5.74) is 0.983. The Hall–Kier alpha value is -1.26. The Morgan fingerprint density at radius 3 is 2.89 bits per heavy atom. The fourth-order valence-electron chi connectivity index (χ4n) is 1.47. The number of urea groups is 1. The van der Waals surface area contributed by atoms with Gasteiger partial charge in [-0.15, -0.1) is 0 Å². The first-order valence-corrected chi connectivity index (χ1v) is 6.35. The second kappa shape index (κ2) is 8.78. The Morgan fingerprint density at radius 2 is 2.17 bits per heavy atom. The largest absolute Gasteiger partial charge is 0.385 e. The highest BCUT2D eigenvalue weighted by atomic mass is 35.5. The molecule has 0 radical (unpaired) electrons. The lowest BCUT2D eigenvalue weighted by Gasteiger charge is -2.07. The van der Waals surface area contributed by atoms with E-state index in [0.717, 1.165) is 25.0 Å². The maximum atomic E-state index is 11.4. The van der Waals surface area contributed by atoms with E-state index in [1.54, 1.807) is 13.2 Å². The quantitative estimate of drug-likeness (QED) is 0.748. The van der Waals surface area contributed by atoms with Crippen molar-refractivity contribution in [1.82, 2.24) is 10.6 Å². The van der Waals surface area contributed by atoms with E-state index in [1.165, 1.54) is 0 Å². The molecule has 1 aromatic carbocycles. The third-order valence-electron chi connectivity index (χ3n) is 2.40. The second-order valence-corrected chi connectivity index (χ2v) is 4.38. The van der Waals surface area contributed by atoms with E-state index in [9.17, 15) is 4.79 Å². The molecule has 0 heterocycles. The van der Waals surface area contributed by atoms with Gasteiger partial charge in [0.2, 0.25) is 0 Å². The van der Waals surface area contributed by atoms with Crippen LogP contribution in [-0.2, 0) is 11.3 Å². The summed E-state index contributed by atoms with van der Waals surface area (Å²) < 4.78 is 4.92. The molecule has 5 heteroatoms. The van der Waals surface area contributed by atoms with Crippen LogP contribution in [0.5, 0.6) is 0 Å². The molecule has 2 N–H and O–H groups in total. The van der Waals surface area contributed by atoms with Gasteiger partial charge in [-0.05, 0) is 30.5 Å². The summed E-state index contributed by atoms with van der Waals surface area (Å²) in [5, 5.41) is 6.24. The standard InChI is InChI=1S/C13H19ClN2O2/c1-18-8-3-2-7-15-13(17)16-10-11-5-4-6-12(14)9-11/h4-6,9H,2-3,7-8,10H2,1H3,(H2,15,16,17). The number of rotatable bonds is 7. The van der Waals surface area contributed by atoms with Crippen molar-refractivity contribution in [3.63, 3.8) is 0 Å². The summed E-state index contributed by atoms with van der Waals surface area (Å²) in [6.07, 6.45) is 1.86. The maximum absolute atomic E-state index is 11.4. The average molecular weight is 271 g/mol. The van der Waals surface area contributed by atoms with Crippen LogP contribution in [-0.4, -0.2) is 26.3 Å². The summed E-state index contributed by atoms with van der Waals surface area (Å²) in [5.74, 6) is 0. The van der Waals surface area contributed by atoms with Crippen LogP contribution < -0.4 is 10.6 Å². The molecule has 0 atom stereocenters. The molecular weight excluding hydrogens is 252 g/mol. The SMILES string of the molecule is COCCCCNC(=O)NCc1cccc(Cl)c1. The monoisotopic (exact) mass is 270 g/mol. The molecule has 1 aromatic rings. The number of carbonyl (C=O) groups is 1. The van der Waals surface area contributed by atoms with Crippen LogP contribution in [0.2, 0.25) is 5.02 Å². The van der Waals surface area contributed by atoms with Crippen LogP contribution >= 0.6 is 11.6 Å². The van der Waals surface area contributed by atoms with Crippen LogP contribution in [0.1, 0.15) is 18.4 Å². The minimum Gasteiger partial charge on any atom is -0.385 e. The molecule has 4 nitrogen and oxygen atoms in total. The number of nitrogens with one attached hydrogen (secondary N) is 2. The fourth-order valence-corrected chi connectivity index (χ4v) is 1.68. The lowest BCUT2D eigenvalue weighted by molar-refractivity contribution is 0.192. The molecule has 0 aliphatic rings. The Morgan fingerprint density at radius 1 is 1.33 bits per heavy atom. The molecule has 0 saturated heterocycles. The Balaban J connectivity index is 2.13. The molecule has 0 aromatic heterocycles. The molecule has 0 saturated carbocycles. The molecule has 0 fully saturated rings. The van der Waals surface area contributed by atoms with Crippen molar-refractivity contribution >= 4 is 17.6 Å². The van der Waals surface area contributed by atoms with E-state index in [1.807, 2.05) is 18.2 Å². The third kappa shape index (κ3) is 6.47. The van der Waals surface area contributed by atoms with Crippen molar-refractivity contribution in [2.75, 3.05) is 20.3 Å². The van der Waals surface area contributed by atoms with Crippen molar-refractivity contribution in [2.45, 2.75) is 19.4 Å². The van der Waals surface area contributed by atoms with E-state index in [4.69, 9.17) is 16.3 Å². The minimum absolute atomic E-state index is 0.160. The van der Waals surface area contributed by atoms with Gasteiger partial charge in [0, 0.05) is 31.8 Å². The number of unbranched alkanes of at least 4 members (excludes halogenated alkanes) is 1. The van der Waals surface area contributed by atoms with Crippen LogP contribution in [0, 0.1) is 0 Å². The summed E-state index contributed by atoms with van der Waals surface area (Å²) in [6.45, 7) is 1.86. The van der Waals surface area contributed by atoms with Crippen molar-refractivity contribution in [2.24, 2.45) is 0 Å². The van der Waals surface area contributed by atoms with E-state index in [2.05, 4.69) is 10.6 Å². The molecule has 0 aliphatic heterocycles. The number of hydrogen-bond donors (Lipinski definition) is 2. The van der Waals surface area contributed by atoms with E-state index in [0.29, 0.717) is 18.1 Å². The smallest absolute Gasteiger partial charge is 0.315 e. The molecule has 18 heavy (non-hydrogen) atoms. The number of hydrogen-bond acceptors (Lipinski definition) is 2. The lowest BCUT2D eigenvalue weighted by Crippen LogP contribution is -2.35. The highest BCUT2D eigenvalue weighted by molar-refractivity contribution is 6.30. The molecule has 2 amide bonds. The minimum atomic E-state index is -0.160. The zero-order valence-corrected chi connectivity index (χ0v) is 11.3. The first-order chi connectivity index (χ1) is 8.72. The predicted molar refractivity (Wildman–Crippen MR) is 72.8 cm³/mol. The predicted octanol–water partition coefficient (Wildman–Crippen LogP) is 2.57. The topological polar surface area (TPSA) is 50.4 Å². The van der Waals surface area contributed by atoms with Gasteiger partial charge in [-0.25, -0.2) is 4.79 Å². The van der Waals surface area contributed by atoms with Gasteiger partial charge < -0.3 is 15.4 Å². The van der Waals surface area contributed by atoms with Crippen molar-refractivity contribution in [3.8, 4) is 0 Å². The number of methoxy groups -OCH3 is 1. The fraction of sp³-hybridized carbons (Fsp3) is 0.462. The van der Waals surface area contributed by atoms with Gasteiger partial charge in [0.15, 0.2) is 0 Å². The summed E-state index contributed by atoms with van der Waals surface area (Å²) in [7, 11) is 1.67. The number of carbonyl (C=O) groups excluding carboxylic acids is 1. The Bertz CT molecular complexity index is 372. The second-order valence-electron chi connectivity index (χ2n) is 3.94. The molecule has 1 rings (SSSR count). The van der Waals surface area contributed by atoms with Gasteiger partial charge >= 0.3 is 6.03 Å². The lowest BCUT2D eigenvalue weighted by atomic mass is 10.2. The third-order valence-corrected chi connectivity index (χ3v) is 2.64.